The third-order valence-corrected chi connectivity index (χ3v) is 5.37. The van der Waals surface area contributed by atoms with Crippen LogP contribution in [0.3, 0.4) is 0 Å². The molecule has 0 aliphatic carbocycles. The number of nitro benzene ring substituents is 1. The van der Waals surface area contributed by atoms with Gasteiger partial charge in [0.2, 0.25) is 5.82 Å². The summed E-state index contributed by atoms with van der Waals surface area (Å²) >= 11 is 5.91. The van der Waals surface area contributed by atoms with Crippen molar-refractivity contribution in [3.05, 3.63) is 75.3 Å². The molecule has 160 valence electrons. The zero-order valence-electron chi connectivity index (χ0n) is 16.5. The average molecular weight is 442 g/mol. The molecule has 1 aromatic heterocycles. The number of aromatic amines is 1. The molecule has 2 aromatic carbocycles. The number of halogens is 1. The lowest BCUT2D eigenvalue weighted by Crippen LogP contribution is -2.49. The van der Waals surface area contributed by atoms with Crippen LogP contribution in [-0.2, 0) is 6.54 Å². The molecule has 10 nitrogen and oxygen atoms in total. The van der Waals surface area contributed by atoms with E-state index in [2.05, 4.69) is 25.4 Å². The Morgan fingerprint density at radius 3 is 2.55 bits per heavy atom. The summed E-state index contributed by atoms with van der Waals surface area (Å²) < 4.78 is 0. The molecule has 3 aromatic rings. The van der Waals surface area contributed by atoms with Crippen molar-refractivity contribution >= 4 is 34.6 Å². The largest absolute Gasteiger partial charge is 0.375 e. The van der Waals surface area contributed by atoms with Crippen LogP contribution in [0.2, 0.25) is 5.02 Å². The summed E-state index contributed by atoms with van der Waals surface area (Å²) in [4.78, 5) is 31.2. The topological polar surface area (TPSA) is 120 Å². The quantitative estimate of drug-likeness (QED) is 0.445. The van der Waals surface area contributed by atoms with Crippen LogP contribution in [0.25, 0.3) is 0 Å². The number of amides is 1. The summed E-state index contributed by atoms with van der Waals surface area (Å²) in [5, 5.41) is 21.6. The smallest absolute Gasteiger partial charge is 0.292 e. The molecule has 11 heteroatoms. The van der Waals surface area contributed by atoms with E-state index in [4.69, 9.17) is 11.6 Å². The molecule has 1 fully saturated rings. The van der Waals surface area contributed by atoms with Gasteiger partial charge < -0.3 is 15.1 Å². The van der Waals surface area contributed by atoms with Crippen LogP contribution in [0.5, 0.6) is 0 Å². The number of H-pyrrole nitrogens is 1. The Labute approximate surface area is 183 Å². The number of nitro groups is 1. The van der Waals surface area contributed by atoms with Gasteiger partial charge in [0.15, 0.2) is 0 Å². The van der Waals surface area contributed by atoms with Crippen LogP contribution in [0, 0.1) is 10.1 Å². The minimum atomic E-state index is -0.401. The maximum absolute atomic E-state index is 12.4. The molecule has 2 heterocycles. The summed E-state index contributed by atoms with van der Waals surface area (Å²) in [6.07, 6.45) is 1.30. The molecule has 1 aliphatic rings. The van der Waals surface area contributed by atoms with E-state index in [1.807, 2.05) is 12.1 Å². The van der Waals surface area contributed by atoms with Gasteiger partial charge in [-0.25, -0.2) is 4.98 Å². The lowest BCUT2D eigenvalue weighted by atomic mass is 10.1. The first kappa shape index (κ1) is 20.6. The molecular formula is C20H20ClN7O3. The molecule has 31 heavy (non-hydrogen) atoms. The summed E-state index contributed by atoms with van der Waals surface area (Å²) in [7, 11) is 0. The third-order valence-electron chi connectivity index (χ3n) is 5.12. The lowest BCUT2D eigenvalue weighted by molar-refractivity contribution is -0.384. The van der Waals surface area contributed by atoms with Gasteiger partial charge in [-0.2, -0.15) is 5.10 Å². The normalized spacial score (nSPS) is 13.8. The lowest BCUT2D eigenvalue weighted by Gasteiger charge is -2.35. The van der Waals surface area contributed by atoms with Crippen LogP contribution >= 0.6 is 11.6 Å². The first-order chi connectivity index (χ1) is 15.0. The molecule has 0 radical (unpaired) electrons. The number of anilines is 2. The number of hydrogen-bond donors (Lipinski definition) is 2. The van der Waals surface area contributed by atoms with Crippen molar-refractivity contribution in [3.8, 4) is 0 Å². The van der Waals surface area contributed by atoms with Crippen LogP contribution in [0.4, 0.5) is 17.1 Å². The van der Waals surface area contributed by atoms with Crippen molar-refractivity contribution in [1.29, 1.82) is 0 Å². The van der Waals surface area contributed by atoms with Gasteiger partial charge in [-0.15, -0.1) is 0 Å². The van der Waals surface area contributed by atoms with Gasteiger partial charge in [-0.05, 0) is 29.8 Å². The first-order valence-corrected chi connectivity index (χ1v) is 10.1. The van der Waals surface area contributed by atoms with E-state index in [-0.39, 0.29) is 17.4 Å². The zero-order valence-corrected chi connectivity index (χ0v) is 17.2. The summed E-state index contributed by atoms with van der Waals surface area (Å²) in [6.45, 7) is 2.68. The van der Waals surface area contributed by atoms with Crippen molar-refractivity contribution in [2.75, 3.05) is 36.4 Å². The number of rotatable bonds is 6. The number of piperazine rings is 1. The number of aromatic nitrogens is 3. The molecule has 4 rings (SSSR count). The predicted octanol–water partition coefficient (Wildman–Crippen LogP) is 2.94. The van der Waals surface area contributed by atoms with Crippen LogP contribution in [-0.4, -0.2) is 57.1 Å². The fraction of sp³-hybridized carbons (Fsp3) is 0.250. The van der Waals surface area contributed by atoms with E-state index in [1.165, 1.54) is 12.4 Å². The highest BCUT2D eigenvalue weighted by atomic mass is 35.5. The number of hydrogen-bond acceptors (Lipinski definition) is 7. The Bertz CT molecular complexity index is 1060. The summed E-state index contributed by atoms with van der Waals surface area (Å²) in [5.74, 6) is 0.0311. The number of benzene rings is 2. The molecule has 0 saturated carbocycles. The summed E-state index contributed by atoms with van der Waals surface area (Å²) in [6, 6.07) is 12.3. The fourth-order valence-electron chi connectivity index (χ4n) is 3.45. The van der Waals surface area contributed by atoms with Gasteiger partial charge in [0, 0.05) is 49.5 Å². The second-order valence-corrected chi connectivity index (χ2v) is 7.49. The first-order valence-electron chi connectivity index (χ1n) is 9.67. The molecule has 1 saturated heterocycles. The SMILES string of the molecule is O=C(c1ncn[nH]1)N1CCN(c2ccc([N+](=O)[O-])c(NCc3ccc(Cl)cc3)c2)CC1. The van der Waals surface area contributed by atoms with Crippen molar-refractivity contribution in [2.24, 2.45) is 0 Å². The molecule has 0 atom stereocenters. The molecule has 1 amide bonds. The molecule has 0 spiro atoms. The Hall–Kier alpha value is -3.66. The Morgan fingerprint density at radius 1 is 1.16 bits per heavy atom. The highest BCUT2D eigenvalue weighted by Crippen LogP contribution is 2.30. The van der Waals surface area contributed by atoms with Crippen LogP contribution in [0.1, 0.15) is 16.2 Å². The maximum Gasteiger partial charge on any atom is 0.292 e. The number of carbonyl (C=O) groups excluding carboxylic acids is 1. The van der Waals surface area contributed by atoms with E-state index in [9.17, 15) is 14.9 Å². The molecule has 0 unspecified atom stereocenters. The minimum Gasteiger partial charge on any atom is -0.375 e. The van der Waals surface area contributed by atoms with Crippen molar-refractivity contribution in [2.45, 2.75) is 6.54 Å². The second kappa shape index (κ2) is 9.00. The van der Waals surface area contributed by atoms with Gasteiger partial charge in [-0.1, -0.05) is 23.7 Å². The number of carbonyl (C=O) groups is 1. The van der Waals surface area contributed by atoms with E-state index in [0.717, 1.165) is 11.3 Å². The predicted molar refractivity (Wildman–Crippen MR) is 116 cm³/mol. The van der Waals surface area contributed by atoms with Gasteiger partial charge in [-0.3, -0.25) is 20.0 Å². The fourth-order valence-corrected chi connectivity index (χ4v) is 3.57. The van der Waals surface area contributed by atoms with Crippen molar-refractivity contribution in [1.82, 2.24) is 20.1 Å². The van der Waals surface area contributed by atoms with Crippen molar-refractivity contribution in [3.63, 3.8) is 0 Å². The maximum atomic E-state index is 12.4. The highest BCUT2D eigenvalue weighted by molar-refractivity contribution is 6.30. The van der Waals surface area contributed by atoms with Gasteiger partial charge in [0.25, 0.3) is 11.6 Å². The summed E-state index contributed by atoms with van der Waals surface area (Å²) in [5.41, 5.74) is 2.27. The molecule has 0 bridgehead atoms. The Morgan fingerprint density at radius 2 is 1.90 bits per heavy atom. The van der Waals surface area contributed by atoms with Crippen molar-refractivity contribution < 1.29 is 9.72 Å². The second-order valence-electron chi connectivity index (χ2n) is 7.05. The van der Waals surface area contributed by atoms with Gasteiger partial charge >= 0.3 is 0 Å². The minimum absolute atomic E-state index is 0.0110. The Kier molecular flexibility index (Phi) is 5.99. The third kappa shape index (κ3) is 4.75. The standard InChI is InChI=1S/C20H20ClN7O3/c21-15-3-1-14(2-4-15)12-22-17-11-16(5-6-18(17)28(30)31)26-7-9-27(10-8-26)20(29)19-23-13-24-25-19/h1-6,11,13,22H,7-10,12H2,(H,23,24,25). The van der Waals surface area contributed by atoms with Crippen LogP contribution in [0.15, 0.2) is 48.8 Å². The molecular weight excluding hydrogens is 422 g/mol. The molecule has 1 aliphatic heterocycles. The zero-order chi connectivity index (χ0) is 21.8. The number of nitrogens with zero attached hydrogens (tertiary/aromatic N) is 5. The molecule has 2 N–H and O–H groups in total. The van der Waals surface area contributed by atoms with Crippen LogP contribution < -0.4 is 10.2 Å². The average Bonchev–Trinajstić information content (AvgIpc) is 3.33. The highest BCUT2D eigenvalue weighted by Gasteiger charge is 2.25. The Balaban J connectivity index is 1.45. The van der Waals surface area contributed by atoms with E-state index in [1.54, 1.807) is 29.2 Å². The van der Waals surface area contributed by atoms with Gasteiger partial charge in [0.05, 0.1) is 4.92 Å². The number of nitrogens with one attached hydrogen (secondary N) is 2. The van der Waals surface area contributed by atoms with Gasteiger partial charge in [0.1, 0.15) is 12.0 Å². The van der Waals surface area contributed by atoms with E-state index >= 15 is 0 Å². The monoisotopic (exact) mass is 441 g/mol. The van der Waals surface area contributed by atoms with E-state index < -0.39 is 4.92 Å². The van der Waals surface area contributed by atoms with E-state index in [0.29, 0.717) is 43.4 Å².